The Morgan fingerprint density at radius 2 is 2.18 bits per heavy atom. The first-order valence-corrected chi connectivity index (χ1v) is 6.06. The van der Waals surface area contributed by atoms with Crippen molar-refractivity contribution in [1.29, 1.82) is 5.26 Å². The van der Waals surface area contributed by atoms with Gasteiger partial charge in [-0.1, -0.05) is 19.3 Å². The first-order valence-electron chi connectivity index (χ1n) is 6.06. The van der Waals surface area contributed by atoms with Crippen molar-refractivity contribution < 1.29 is 9.53 Å². The van der Waals surface area contributed by atoms with E-state index in [1.165, 1.54) is 19.3 Å². The summed E-state index contributed by atoms with van der Waals surface area (Å²) in [6.45, 7) is 0.500. The molecule has 0 bridgehead atoms. The van der Waals surface area contributed by atoms with Crippen molar-refractivity contribution in [3.8, 4) is 6.07 Å². The molecule has 1 fully saturated rings. The first-order chi connectivity index (χ1) is 8.29. The van der Waals surface area contributed by atoms with Crippen molar-refractivity contribution in [2.45, 2.75) is 32.1 Å². The van der Waals surface area contributed by atoms with Crippen LogP contribution in [-0.2, 0) is 4.74 Å². The quantitative estimate of drug-likeness (QED) is 0.814. The monoisotopic (exact) mass is 232 g/mol. The first kappa shape index (κ1) is 11.7. The molecule has 4 nitrogen and oxygen atoms in total. The summed E-state index contributed by atoms with van der Waals surface area (Å²) in [7, 11) is 0. The molecule has 1 aromatic rings. The summed E-state index contributed by atoms with van der Waals surface area (Å²) in [5.74, 6) is 0.148. The molecular weight excluding hydrogens is 216 g/mol. The van der Waals surface area contributed by atoms with Crippen molar-refractivity contribution >= 4 is 5.97 Å². The topological polar surface area (TPSA) is 65.9 Å². The second kappa shape index (κ2) is 5.53. The van der Waals surface area contributed by atoms with Crippen molar-refractivity contribution in [3.63, 3.8) is 0 Å². The van der Waals surface area contributed by atoms with E-state index in [0.717, 1.165) is 12.8 Å². The Morgan fingerprint density at radius 3 is 2.82 bits per heavy atom. The molecule has 4 heteroatoms. The van der Waals surface area contributed by atoms with E-state index in [-0.39, 0.29) is 5.97 Å². The second-order valence-corrected chi connectivity index (χ2v) is 4.50. The lowest BCUT2D eigenvalue weighted by Crippen LogP contribution is -2.17. The van der Waals surface area contributed by atoms with Gasteiger partial charge in [0.1, 0.15) is 17.5 Å². The Hall–Kier alpha value is -1.76. The molecule has 0 radical (unpaired) electrons. The minimum absolute atomic E-state index is 0.359. The van der Waals surface area contributed by atoms with Crippen LogP contribution in [0.25, 0.3) is 0 Å². The number of carbonyl (C=O) groups excluding carboxylic acids is 1. The highest BCUT2D eigenvalue weighted by Gasteiger charge is 2.16. The summed E-state index contributed by atoms with van der Waals surface area (Å²) in [6, 6.07) is 5.11. The minimum atomic E-state index is -0.364. The molecule has 0 aliphatic heterocycles. The van der Waals surface area contributed by atoms with E-state index in [9.17, 15) is 4.79 Å². The highest BCUT2D eigenvalue weighted by atomic mass is 16.5. The van der Waals surface area contributed by atoms with Crippen molar-refractivity contribution in [2.24, 2.45) is 5.92 Å². The smallest absolute Gasteiger partial charge is 0.354 e. The Balaban J connectivity index is 1.82. The van der Waals surface area contributed by atoms with Gasteiger partial charge in [0.2, 0.25) is 0 Å². The Bertz CT molecular complexity index is 425. The molecule has 90 valence electrons. The number of H-pyrrole nitrogens is 1. The number of hydrogen-bond acceptors (Lipinski definition) is 3. The molecule has 17 heavy (non-hydrogen) atoms. The molecule has 0 atom stereocenters. The van der Waals surface area contributed by atoms with Crippen LogP contribution >= 0.6 is 0 Å². The van der Waals surface area contributed by atoms with Gasteiger partial charge >= 0.3 is 5.97 Å². The lowest BCUT2D eigenvalue weighted by atomic mass is 9.90. The van der Waals surface area contributed by atoms with Gasteiger partial charge in [-0.05, 0) is 30.9 Å². The molecule has 0 spiro atoms. The molecule has 1 N–H and O–H groups in total. The fourth-order valence-corrected chi connectivity index (χ4v) is 2.20. The van der Waals surface area contributed by atoms with Crippen LogP contribution in [0.4, 0.5) is 0 Å². The third-order valence-corrected chi connectivity index (χ3v) is 3.20. The molecule has 0 amide bonds. The van der Waals surface area contributed by atoms with E-state index in [1.54, 1.807) is 12.1 Å². The average Bonchev–Trinajstić information content (AvgIpc) is 2.86. The lowest BCUT2D eigenvalue weighted by Gasteiger charge is -2.20. The molecular formula is C13H16N2O2. The molecule has 0 saturated heterocycles. The third-order valence-electron chi connectivity index (χ3n) is 3.20. The van der Waals surface area contributed by atoms with E-state index in [1.807, 2.05) is 6.07 Å². The van der Waals surface area contributed by atoms with Crippen molar-refractivity contribution in [1.82, 2.24) is 4.98 Å². The fraction of sp³-hybridized carbons (Fsp3) is 0.538. The summed E-state index contributed by atoms with van der Waals surface area (Å²) < 4.78 is 5.25. The van der Waals surface area contributed by atoms with Crippen LogP contribution < -0.4 is 0 Å². The van der Waals surface area contributed by atoms with Gasteiger partial charge in [0.05, 0.1) is 6.61 Å². The van der Waals surface area contributed by atoms with E-state index < -0.39 is 0 Å². The number of carbonyl (C=O) groups is 1. The molecule has 1 aliphatic carbocycles. The molecule has 2 rings (SSSR count). The minimum Gasteiger partial charge on any atom is -0.461 e. The van der Waals surface area contributed by atoms with Crippen LogP contribution in [0.1, 0.15) is 48.3 Å². The predicted octanol–water partition coefficient (Wildman–Crippen LogP) is 2.62. The van der Waals surface area contributed by atoms with Crippen LogP contribution in [0.3, 0.4) is 0 Å². The van der Waals surface area contributed by atoms with Crippen LogP contribution in [0, 0.1) is 17.2 Å². The van der Waals surface area contributed by atoms with E-state index in [2.05, 4.69) is 4.98 Å². The zero-order valence-corrected chi connectivity index (χ0v) is 9.74. The van der Waals surface area contributed by atoms with Crippen molar-refractivity contribution in [3.05, 3.63) is 23.5 Å². The molecule has 0 unspecified atom stereocenters. The highest BCUT2D eigenvalue weighted by molar-refractivity contribution is 5.87. The van der Waals surface area contributed by atoms with E-state index in [0.29, 0.717) is 23.9 Å². The number of nitrogens with zero attached hydrogens (tertiary/aromatic N) is 1. The van der Waals surface area contributed by atoms with E-state index in [4.69, 9.17) is 10.00 Å². The fourth-order valence-electron chi connectivity index (χ4n) is 2.20. The Morgan fingerprint density at radius 1 is 1.41 bits per heavy atom. The number of ether oxygens (including phenoxy) is 1. The third kappa shape index (κ3) is 3.10. The zero-order valence-electron chi connectivity index (χ0n) is 9.74. The zero-order chi connectivity index (χ0) is 12.1. The van der Waals surface area contributed by atoms with Gasteiger partial charge in [-0.15, -0.1) is 0 Å². The van der Waals surface area contributed by atoms with Gasteiger partial charge in [-0.3, -0.25) is 0 Å². The summed E-state index contributed by atoms with van der Waals surface area (Å²) in [6.07, 6.45) is 6.09. The number of nitrogens with one attached hydrogen (secondary N) is 1. The molecule has 0 aromatic carbocycles. The van der Waals surface area contributed by atoms with Crippen LogP contribution in [0.15, 0.2) is 12.1 Å². The summed E-state index contributed by atoms with van der Waals surface area (Å²) >= 11 is 0. The van der Waals surface area contributed by atoms with Gasteiger partial charge in [0.15, 0.2) is 0 Å². The lowest BCUT2D eigenvalue weighted by molar-refractivity contribution is 0.0404. The van der Waals surface area contributed by atoms with Gasteiger partial charge in [0, 0.05) is 0 Å². The number of nitriles is 1. The Kier molecular flexibility index (Phi) is 3.81. The number of esters is 1. The highest BCUT2D eigenvalue weighted by Crippen LogP contribution is 2.23. The number of aromatic nitrogens is 1. The molecule has 1 saturated carbocycles. The van der Waals surface area contributed by atoms with E-state index >= 15 is 0 Å². The standard InChI is InChI=1S/C13H16N2O2/c14-8-11-6-7-12(15-11)13(16)17-9-10-4-2-1-3-5-10/h6-7,10,15H,1-5,9H2. The number of rotatable bonds is 3. The maximum absolute atomic E-state index is 11.7. The summed E-state index contributed by atoms with van der Waals surface area (Å²) in [5, 5.41) is 8.63. The molecule has 1 aliphatic rings. The molecule has 1 heterocycles. The summed E-state index contributed by atoms with van der Waals surface area (Å²) in [5.41, 5.74) is 0.743. The average molecular weight is 232 g/mol. The number of aromatic amines is 1. The van der Waals surface area contributed by atoms with Crippen molar-refractivity contribution in [2.75, 3.05) is 6.61 Å². The largest absolute Gasteiger partial charge is 0.461 e. The predicted molar refractivity (Wildman–Crippen MR) is 62.4 cm³/mol. The summed E-state index contributed by atoms with van der Waals surface area (Å²) in [4.78, 5) is 14.4. The maximum atomic E-state index is 11.7. The van der Waals surface area contributed by atoms with Crippen LogP contribution in [0.2, 0.25) is 0 Å². The molecule has 1 aromatic heterocycles. The SMILES string of the molecule is N#Cc1ccc(C(=O)OCC2CCCCC2)[nH]1. The maximum Gasteiger partial charge on any atom is 0.354 e. The van der Waals surface area contributed by atoms with Crippen LogP contribution in [-0.4, -0.2) is 17.6 Å². The number of hydrogen-bond donors (Lipinski definition) is 1. The van der Waals surface area contributed by atoms with Gasteiger partial charge in [-0.25, -0.2) is 4.79 Å². The Labute approximate surface area is 101 Å². The van der Waals surface area contributed by atoms with Gasteiger partial charge < -0.3 is 9.72 Å². The second-order valence-electron chi connectivity index (χ2n) is 4.50. The van der Waals surface area contributed by atoms with Crippen LogP contribution in [0.5, 0.6) is 0 Å². The van der Waals surface area contributed by atoms with Gasteiger partial charge in [0.25, 0.3) is 0 Å². The van der Waals surface area contributed by atoms with Gasteiger partial charge in [-0.2, -0.15) is 5.26 Å². The normalized spacial score (nSPS) is 16.4.